The van der Waals surface area contributed by atoms with E-state index in [2.05, 4.69) is 10.8 Å². The van der Waals surface area contributed by atoms with Crippen LogP contribution >= 0.6 is 0 Å². The van der Waals surface area contributed by atoms with Gasteiger partial charge in [-0.1, -0.05) is 30.3 Å². The molecular weight excluding hydrogens is 368 g/mol. The molecule has 2 aliphatic heterocycles. The van der Waals surface area contributed by atoms with E-state index >= 15 is 0 Å². The van der Waals surface area contributed by atoms with E-state index in [9.17, 15) is 13.2 Å². The minimum Gasteiger partial charge on any atom is -0.350 e. The smallest absolute Gasteiger partial charge is 0.281 e. The molecule has 0 unspecified atom stereocenters. The fourth-order valence-electron chi connectivity index (χ4n) is 3.22. The summed E-state index contributed by atoms with van der Waals surface area (Å²) >= 11 is 0. The Balaban J connectivity index is 1.53. The largest absolute Gasteiger partial charge is 0.350 e. The van der Waals surface area contributed by atoms with E-state index in [0.29, 0.717) is 38.2 Å². The molecule has 2 aliphatic rings. The maximum atomic E-state index is 12.3. The van der Waals surface area contributed by atoms with Crippen LogP contribution < -0.4 is 10.8 Å². The van der Waals surface area contributed by atoms with Gasteiger partial charge in [0.2, 0.25) is 0 Å². The lowest BCUT2D eigenvalue weighted by molar-refractivity contribution is -0.120. The molecule has 0 atom stereocenters. The molecule has 27 heavy (non-hydrogen) atoms. The van der Waals surface area contributed by atoms with Crippen LogP contribution in [-0.4, -0.2) is 62.3 Å². The molecule has 0 aliphatic carbocycles. The average Bonchev–Trinajstić information content (AvgIpc) is 3.06. The number of hydrogen-bond donors (Lipinski definition) is 2. The molecule has 3 rings (SSSR count). The highest BCUT2D eigenvalue weighted by atomic mass is 32.2. The molecule has 0 saturated carbocycles. The van der Waals surface area contributed by atoms with E-state index in [1.54, 1.807) is 6.08 Å². The molecule has 9 heteroatoms. The zero-order chi connectivity index (χ0) is 19.5. The van der Waals surface area contributed by atoms with Crippen LogP contribution in [0.5, 0.6) is 0 Å². The van der Waals surface area contributed by atoms with Crippen LogP contribution in [0.3, 0.4) is 0 Å². The Hall–Kier alpha value is -1.94. The van der Waals surface area contributed by atoms with Crippen molar-refractivity contribution in [3.8, 4) is 0 Å². The fraction of sp³-hybridized carbons (Fsp3) is 0.500. The number of carbonyl (C=O) groups is 1. The number of nitrogens with zero attached hydrogens (tertiary/aromatic N) is 2. The number of carbonyl (C=O) groups excluding carboxylic acids is 1. The average molecular weight is 394 g/mol. The number of hydrogen-bond acceptors (Lipinski definition) is 5. The minimum absolute atomic E-state index is 0.217. The predicted octanol–water partition coefficient (Wildman–Crippen LogP) is 0.405. The van der Waals surface area contributed by atoms with Crippen molar-refractivity contribution in [3.63, 3.8) is 0 Å². The first-order valence-electron chi connectivity index (χ1n) is 8.99. The van der Waals surface area contributed by atoms with Crippen molar-refractivity contribution < 1.29 is 18.0 Å². The molecule has 1 aromatic rings. The summed E-state index contributed by atoms with van der Waals surface area (Å²) in [6.07, 6.45) is 3.52. The molecule has 0 bridgehead atoms. The van der Waals surface area contributed by atoms with Gasteiger partial charge in [-0.25, -0.2) is 0 Å². The van der Waals surface area contributed by atoms with Crippen LogP contribution in [0.2, 0.25) is 0 Å². The second-order valence-electron chi connectivity index (χ2n) is 7.01. The summed E-state index contributed by atoms with van der Waals surface area (Å²) in [6.45, 7) is 1.23. The maximum Gasteiger partial charge on any atom is 0.281 e. The Morgan fingerprint density at radius 1 is 1.26 bits per heavy atom. The fourth-order valence-corrected chi connectivity index (χ4v) is 4.33. The van der Waals surface area contributed by atoms with E-state index in [1.807, 2.05) is 30.3 Å². The molecule has 2 heterocycles. The number of rotatable bonds is 6. The molecule has 0 aromatic heterocycles. The monoisotopic (exact) mass is 394 g/mol. The van der Waals surface area contributed by atoms with Gasteiger partial charge in [0, 0.05) is 33.7 Å². The van der Waals surface area contributed by atoms with Crippen molar-refractivity contribution in [1.82, 2.24) is 19.4 Å². The van der Waals surface area contributed by atoms with Gasteiger partial charge in [0.1, 0.15) is 11.3 Å². The Morgan fingerprint density at radius 3 is 2.56 bits per heavy atom. The summed E-state index contributed by atoms with van der Waals surface area (Å²) < 4.78 is 27.1. The quantitative estimate of drug-likeness (QED) is 0.729. The second-order valence-corrected chi connectivity index (χ2v) is 9.15. The predicted molar refractivity (Wildman–Crippen MR) is 102 cm³/mol. The Morgan fingerprint density at radius 2 is 1.93 bits per heavy atom. The number of piperidine rings is 1. The zero-order valence-electron chi connectivity index (χ0n) is 15.6. The summed E-state index contributed by atoms with van der Waals surface area (Å²) in [4.78, 5) is 18.0. The summed E-state index contributed by atoms with van der Waals surface area (Å²) in [5, 5.41) is 2.88. The van der Waals surface area contributed by atoms with Gasteiger partial charge in [-0.15, -0.1) is 0 Å². The first-order valence-corrected chi connectivity index (χ1v) is 10.4. The summed E-state index contributed by atoms with van der Waals surface area (Å²) in [6, 6.07) is 9.94. The van der Waals surface area contributed by atoms with Gasteiger partial charge in [0.15, 0.2) is 0 Å². The first-order chi connectivity index (χ1) is 12.8. The second kappa shape index (κ2) is 7.97. The van der Waals surface area contributed by atoms with Gasteiger partial charge < -0.3 is 5.32 Å². The molecule has 148 valence electrons. The van der Waals surface area contributed by atoms with Gasteiger partial charge >= 0.3 is 0 Å². The van der Waals surface area contributed by atoms with Crippen molar-refractivity contribution in [2.45, 2.75) is 24.9 Å². The Bertz CT molecular complexity index is 800. The van der Waals surface area contributed by atoms with Gasteiger partial charge in [-0.05, 0) is 30.9 Å². The van der Waals surface area contributed by atoms with Crippen molar-refractivity contribution in [2.75, 3.05) is 33.7 Å². The standard InChI is InChI=1S/C18H26N4O4S/c1-21(2)27(24,25)22-12-9-18(10-13-22)14-16(20-26-18)17(23)19-11-8-15-6-4-3-5-7-15/h3-7,14,20H,8-13H2,1-2H3,(H,19,23). The topological polar surface area (TPSA) is 91.0 Å². The molecule has 1 spiro atoms. The van der Waals surface area contributed by atoms with Crippen LogP contribution in [0.1, 0.15) is 18.4 Å². The maximum absolute atomic E-state index is 12.3. The molecule has 8 nitrogen and oxygen atoms in total. The number of amides is 1. The third kappa shape index (κ3) is 4.49. The molecule has 1 amide bonds. The lowest BCUT2D eigenvalue weighted by Crippen LogP contribution is -2.49. The van der Waals surface area contributed by atoms with E-state index in [4.69, 9.17) is 4.84 Å². The first kappa shape index (κ1) is 19.8. The van der Waals surface area contributed by atoms with Crippen LogP contribution in [0.15, 0.2) is 42.1 Å². The van der Waals surface area contributed by atoms with Gasteiger partial charge in [0.05, 0.1) is 0 Å². The molecule has 2 N–H and O–H groups in total. The van der Waals surface area contributed by atoms with Crippen LogP contribution in [0.25, 0.3) is 0 Å². The van der Waals surface area contributed by atoms with E-state index < -0.39 is 15.8 Å². The zero-order valence-corrected chi connectivity index (χ0v) is 16.5. The number of benzene rings is 1. The normalized spacial score (nSPS) is 19.7. The minimum atomic E-state index is -3.42. The van der Waals surface area contributed by atoms with Gasteiger partial charge in [0.25, 0.3) is 16.1 Å². The summed E-state index contributed by atoms with van der Waals surface area (Å²) in [5.41, 5.74) is 3.62. The SMILES string of the molecule is CN(C)S(=O)(=O)N1CCC2(C=C(C(=O)NCCc3ccccc3)NO2)CC1. The Labute approximate surface area is 160 Å². The van der Waals surface area contributed by atoms with Crippen LogP contribution in [0.4, 0.5) is 0 Å². The summed E-state index contributed by atoms with van der Waals surface area (Å²) in [5.74, 6) is -0.217. The highest BCUT2D eigenvalue weighted by molar-refractivity contribution is 7.86. The number of hydroxylamine groups is 1. The molecule has 1 saturated heterocycles. The Kier molecular flexibility index (Phi) is 5.85. The molecular formula is C18H26N4O4S. The third-order valence-corrected chi connectivity index (χ3v) is 6.86. The van der Waals surface area contributed by atoms with Crippen molar-refractivity contribution in [2.24, 2.45) is 0 Å². The molecule has 1 aromatic carbocycles. The van der Waals surface area contributed by atoms with Crippen molar-refractivity contribution in [3.05, 3.63) is 47.7 Å². The highest BCUT2D eigenvalue weighted by Gasteiger charge is 2.42. The molecule has 1 fully saturated rings. The van der Waals surface area contributed by atoms with Crippen molar-refractivity contribution >= 4 is 16.1 Å². The van der Waals surface area contributed by atoms with E-state index in [0.717, 1.165) is 12.0 Å². The van der Waals surface area contributed by atoms with Gasteiger partial charge in [-0.2, -0.15) is 17.0 Å². The van der Waals surface area contributed by atoms with Gasteiger partial charge in [-0.3, -0.25) is 15.1 Å². The lowest BCUT2D eigenvalue weighted by Gasteiger charge is -2.36. The van der Waals surface area contributed by atoms with Crippen LogP contribution in [0, 0.1) is 0 Å². The van der Waals surface area contributed by atoms with E-state index in [-0.39, 0.29) is 5.91 Å². The third-order valence-electron chi connectivity index (χ3n) is 4.91. The highest BCUT2D eigenvalue weighted by Crippen LogP contribution is 2.32. The van der Waals surface area contributed by atoms with Crippen LogP contribution in [-0.2, 0) is 26.3 Å². The summed E-state index contributed by atoms with van der Waals surface area (Å²) in [7, 11) is -0.386. The van der Waals surface area contributed by atoms with E-state index in [1.165, 1.54) is 22.7 Å². The molecule has 0 radical (unpaired) electrons. The number of nitrogens with one attached hydrogen (secondary N) is 2. The lowest BCUT2D eigenvalue weighted by atomic mass is 9.92. The van der Waals surface area contributed by atoms with Crippen molar-refractivity contribution in [1.29, 1.82) is 0 Å².